The van der Waals surface area contributed by atoms with E-state index in [2.05, 4.69) is 38.2 Å². The molecule has 0 saturated carbocycles. The van der Waals surface area contributed by atoms with E-state index in [1.54, 1.807) is 6.92 Å². The lowest BCUT2D eigenvalue weighted by Gasteiger charge is -2.19. The number of aliphatic carboxylic acids is 1. The van der Waals surface area contributed by atoms with E-state index in [4.69, 9.17) is 5.11 Å². The molecule has 0 bridgehead atoms. The first-order valence-corrected chi connectivity index (χ1v) is 9.00. The van der Waals surface area contributed by atoms with Gasteiger partial charge in [0.1, 0.15) is 0 Å². The summed E-state index contributed by atoms with van der Waals surface area (Å²) in [5.41, 5.74) is 3.90. The minimum absolute atomic E-state index is 0.0765. The lowest BCUT2D eigenvalue weighted by atomic mass is 9.87. The topological polar surface area (TPSA) is 66.4 Å². The molecule has 4 nitrogen and oxygen atoms in total. The van der Waals surface area contributed by atoms with Crippen LogP contribution in [0.5, 0.6) is 0 Å². The van der Waals surface area contributed by atoms with E-state index < -0.39 is 5.97 Å². The largest absolute Gasteiger partial charge is 0.481 e. The number of hydrogen-bond acceptors (Lipinski definition) is 2. The van der Waals surface area contributed by atoms with Crippen molar-refractivity contribution in [1.82, 2.24) is 0 Å². The van der Waals surface area contributed by atoms with Crippen LogP contribution in [0.15, 0.2) is 60.2 Å². The van der Waals surface area contributed by atoms with Crippen LogP contribution in [0.25, 0.3) is 6.08 Å². The van der Waals surface area contributed by atoms with Crippen LogP contribution >= 0.6 is 0 Å². The monoisotopic (exact) mass is 367 g/mol. The van der Waals surface area contributed by atoms with Crippen molar-refractivity contribution in [3.63, 3.8) is 0 Å². The number of carbonyl (C=O) groups excluding carboxylic acids is 1. The minimum atomic E-state index is -0.745. The second kappa shape index (κ2) is 10.3. The van der Waals surface area contributed by atoms with E-state index in [9.17, 15) is 9.59 Å². The van der Waals surface area contributed by atoms with Gasteiger partial charge in [-0.1, -0.05) is 70.2 Å². The Morgan fingerprint density at radius 3 is 1.96 bits per heavy atom. The highest BCUT2D eigenvalue weighted by Crippen LogP contribution is 2.23. The Balaban J connectivity index is 0.000000646. The molecule has 2 N–H and O–H groups in total. The highest BCUT2D eigenvalue weighted by molar-refractivity contribution is 6.06. The molecule has 2 aromatic carbocycles. The predicted molar refractivity (Wildman–Crippen MR) is 112 cm³/mol. The van der Waals surface area contributed by atoms with Crippen molar-refractivity contribution in [1.29, 1.82) is 0 Å². The average Bonchev–Trinajstić information content (AvgIpc) is 2.62. The quantitative estimate of drug-likeness (QED) is 0.701. The van der Waals surface area contributed by atoms with Crippen molar-refractivity contribution in [2.45, 2.75) is 46.5 Å². The number of hydrogen-bond donors (Lipinski definition) is 2. The Morgan fingerprint density at radius 1 is 1.00 bits per heavy atom. The van der Waals surface area contributed by atoms with Gasteiger partial charge in [0, 0.05) is 17.7 Å². The molecule has 0 aromatic heterocycles. The molecule has 0 aliphatic heterocycles. The van der Waals surface area contributed by atoms with Crippen molar-refractivity contribution < 1.29 is 14.7 Å². The van der Waals surface area contributed by atoms with Gasteiger partial charge in [0.05, 0.1) is 0 Å². The summed E-state index contributed by atoms with van der Waals surface area (Å²) in [6.45, 7) is 9.95. The molecular formula is C23H29NO3. The van der Waals surface area contributed by atoms with Crippen LogP contribution in [0.3, 0.4) is 0 Å². The Morgan fingerprint density at radius 2 is 1.52 bits per heavy atom. The molecule has 0 aliphatic carbocycles. The van der Waals surface area contributed by atoms with Crippen molar-refractivity contribution in [2.75, 3.05) is 5.32 Å². The maximum atomic E-state index is 12.2. The highest BCUT2D eigenvalue weighted by Gasteiger charge is 2.13. The zero-order valence-corrected chi connectivity index (χ0v) is 16.7. The molecule has 0 fully saturated rings. The number of carbonyl (C=O) groups is 2. The van der Waals surface area contributed by atoms with Gasteiger partial charge in [0.2, 0.25) is 0 Å². The van der Waals surface area contributed by atoms with Gasteiger partial charge in [-0.3, -0.25) is 9.59 Å². The summed E-state index contributed by atoms with van der Waals surface area (Å²) in [6, 6.07) is 17.9. The average molecular weight is 367 g/mol. The van der Waals surface area contributed by atoms with Gasteiger partial charge < -0.3 is 10.4 Å². The van der Waals surface area contributed by atoms with Crippen LogP contribution in [0.2, 0.25) is 0 Å². The first-order valence-electron chi connectivity index (χ1n) is 9.00. The number of amides is 1. The van der Waals surface area contributed by atoms with E-state index in [0.29, 0.717) is 5.57 Å². The lowest BCUT2D eigenvalue weighted by Crippen LogP contribution is -2.14. The summed E-state index contributed by atoms with van der Waals surface area (Å²) in [7, 11) is 0. The van der Waals surface area contributed by atoms with E-state index in [1.807, 2.05) is 55.5 Å². The maximum Gasteiger partial charge on any atom is 0.303 e. The summed E-state index contributed by atoms with van der Waals surface area (Å²) in [4.78, 5) is 21.6. The summed E-state index contributed by atoms with van der Waals surface area (Å²) in [5, 5.41) is 10.7. The highest BCUT2D eigenvalue weighted by atomic mass is 16.4. The Hall–Kier alpha value is -2.88. The molecule has 2 rings (SSSR count). The third-order valence-corrected chi connectivity index (χ3v) is 3.85. The molecule has 0 radical (unpaired) electrons. The van der Waals surface area contributed by atoms with Crippen LogP contribution in [0, 0.1) is 0 Å². The second-order valence-corrected chi connectivity index (χ2v) is 7.27. The van der Waals surface area contributed by atoms with Crippen molar-refractivity contribution in [3.05, 3.63) is 71.3 Å². The molecule has 144 valence electrons. The van der Waals surface area contributed by atoms with E-state index in [0.717, 1.165) is 11.3 Å². The first-order chi connectivity index (χ1) is 12.6. The number of carboxylic acids is 1. The van der Waals surface area contributed by atoms with Crippen LogP contribution in [0.4, 0.5) is 5.69 Å². The molecule has 27 heavy (non-hydrogen) atoms. The zero-order valence-electron chi connectivity index (χ0n) is 16.7. The third-order valence-electron chi connectivity index (χ3n) is 3.85. The molecule has 4 heteroatoms. The fourth-order valence-corrected chi connectivity index (χ4v) is 2.15. The Kier molecular flexibility index (Phi) is 8.46. The fourth-order valence-electron chi connectivity index (χ4n) is 2.15. The number of rotatable bonds is 4. The summed E-state index contributed by atoms with van der Waals surface area (Å²) >= 11 is 0. The van der Waals surface area contributed by atoms with Crippen LogP contribution in [0.1, 0.15) is 52.2 Å². The summed E-state index contributed by atoms with van der Waals surface area (Å²) in [6.07, 6.45) is 2.11. The lowest BCUT2D eigenvalue weighted by molar-refractivity contribution is -0.136. The first kappa shape index (κ1) is 22.2. The van der Waals surface area contributed by atoms with Gasteiger partial charge in [-0.15, -0.1) is 0 Å². The van der Waals surface area contributed by atoms with E-state index in [-0.39, 0.29) is 17.7 Å². The molecule has 0 aliphatic rings. The molecule has 0 atom stereocenters. The number of anilines is 1. The van der Waals surface area contributed by atoms with Crippen LogP contribution < -0.4 is 5.32 Å². The molecule has 0 spiro atoms. The third kappa shape index (κ3) is 8.36. The minimum Gasteiger partial charge on any atom is -0.481 e. The Bertz CT molecular complexity index is 770. The standard InChI is InChI=1S/C20H23NO.C3H6O2/c1-15(14-16-8-6-5-7-9-16)19(22)21-18-12-10-17(11-13-18)20(2,3)4;1-2-3(4)5/h5-14H,1-4H3,(H,21,22);2H2,1H3,(H,4,5)/b15-14+;. The molecule has 0 heterocycles. The number of benzene rings is 2. The van der Waals surface area contributed by atoms with E-state index >= 15 is 0 Å². The van der Waals surface area contributed by atoms with Crippen LogP contribution in [-0.4, -0.2) is 17.0 Å². The summed E-state index contributed by atoms with van der Waals surface area (Å²) < 4.78 is 0. The normalized spacial score (nSPS) is 11.2. The number of nitrogens with one attached hydrogen (secondary N) is 1. The van der Waals surface area contributed by atoms with Gasteiger partial charge >= 0.3 is 5.97 Å². The maximum absolute atomic E-state index is 12.2. The molecule has 0 saturated heterocycles. The smallest absolute Gasteiger partial charge is 0.303 e. The molecular weight excluding hydrogens is 338 g/mol. The van der Waals surface area contributed by atoms with Gasteiger partial charge in [-0.25, -0.2) is 0 Å². The van der Waals surface area contributed by atoms with Gasteiger partial charge in [-0.05, 0) is 41.7 Å². The molecule has 2 aromatic rings. The van der Waals surface area contributed by atoms with Gasteiger partial charge in [0.25, 0.3) is 5.91 Å². The van der Waals surface area contributed by atoms with Crippen molar-refractivity contribution in [3.8, 4) is 0 Å². The van der Waals surface area contributed by atoms with Crippen molar-refractivity contribution in [2.24, 2.45) is 0 Å². The molecule has 1 amide bonds. The summed E-state index contributed by atoms with van der Waals surface area (Å²) in [5.74, 6) is -0.822. The van der Waals surface area contributed by atoms with E-state index in [1.165, 1.54) is 5.56 Å². The molecule has 0 unspecified atom stereocenters. The number of carboxylic acid groups (broad SMARTS) is 1. The van der Waals surface area contributed by atoms with Crippen molar-refractivity contribution >= 4 is 23.6 Å². The van der Waals surface area contributed by atoms with Gasteiger partial charge in [0.15, 0.2) is 0 Å². The van der Waals surface area contributed by atoms with Gasteiger partial charge in [-0.2, -0.15) is 0 Å². The SMILES string of the molecule is C/C(=C\c1ccccc1)C(=O)Nc1ccc(C(C)(C)C)cc1.CCC(=O)O. The second-order valence-electron chi connectivity index (χ2n) is 7.27. The Labute approximate surface area is 161 Å². The fraction of sp³-hybridized carbons (Fsp3) is 0.304. The van der Waals surface area contributed by atoms with Crippen LogP contribution in [-0.2, 0) is 15.0 Å². The zero-order chi connectivity index (χ0) is 20.4. The predicted octanol–water partition coefficient (Wildman–Crippen LogP) is 5.51.